The van der Waals surface area contributed by atoms with Gasteiger partial charge < -0.3 is 24.8 Å². The van der Waals surface area contributed by atoms with Crippen LogP contribution in [0.1, 0.15) is 12.5 Å². The molecule has 1 saturated heterocycles. The van der Waals surface area contributed by atoms with Gasteiger partial charge in [-0.1, -0.05) is 6.07 Å². The van der Waals surface area contributed by atoms with E-state index in [4.69, 9.17) is 26.4 Å². The van der Waals surface area contributed by atoms with Gasteiger partial charge in [-0.25, -0.2) is 0 Å². The van der Waals surface area contributed by atoms with E-state index in [1.54, 1.807) is 48.5 Å². The fourth-order valence-electron chi connectivity index (χ4n) is 3.09. The number of hydrogen-bond acceptors (Lipinski definition) is 7. The van der Waals surface area contributed by atoms with E-state index in [-0.39, 0.29) is 16.4 Å². The zero-order valence-corrected chi connectivity index (χ0v) is 19.8. The second kappa shape index (κ2) is 10.6. The van der Waals surface area contributed by atoms with E-state index < -0.39 is 17.6 Å². The number of thiocarbonyl (C=S) groups is 1. The van der Waals surface area contributed by atoms with Gasteiger partial charge in [-0.05, 0) is 67.2 Å². The van der Waals surface area contributed by atoms with Crippen molar-refractivity contribution in [1.29, 1.82) is 0 Å². The first-order chi connectivity index (χ1) is 16.3. The monoisotopic (exact) mass is 481 g/mol. The van der Waals surface area contributed by atoms with Crippen molar-refractivity contribution in [2.75, 3.05) is 26.6 Å². The number of amides is 2. The first kappa shape index (κ1) is 24.5. The van der Waals surface area contributed by atoms with Crippen LogP contribution in [-0.4, -0.2) is 48.9 Å². The Kier molecular flexibility index (Phi) is 7.64. The summed E-state index contributed by atoms with van der Waals surface area (Å²) in [4.78, 5) is 38.9. The molecular weight excluding hydrogens is 458 g/mol. The van der Waals surface area contributed by atoms with E-state index in [1.165, 1.54) is 28.3 Å². The van der Waals surface area contributed by atoms with Gasteiger partial charge in [0.15, 0.2) is 22.4 Å². The van der Waals surface area contributed by atoms with Crippen LogP contribution in [0.2, 0.25) is 0 Å². The van der Waals surface area contributed by atoms with Gasteiger partial charge in [0, 0.05) is 11.9 Å². The summed E-state index contributed by atoms with van der Waals surface area (Å²) in [6.07, 6.45) is 2.71. The van der Waals surface area contributed by atoms with Gasteiger partial charge in [-0.15, -0.1) is 0 Å². The molecule has 0 radical (unpaired) electrons. The third kappa shape index (κ3) is 5.41. The van der Waals surface area contributed by atoms with Crippen LogP contribution < -0.4 is 24.8 Å². The normalized spacial score (nSPS) is 14.6. The van der Waals surface area contributed by atoms with Crippen molar-refractivity contribution in [3.63, 3.8) is 0 Å². The highest BCUT2D eigenvalue weighted by atomic mass is 32.1. The van der Waals surface area contributed by atoms with E-state index in [2.05, 4.69) is 10.6 Å². The van der Waals surface area contributed by atoms with E-state index in [0.717, 1.165) is 11.1 Å². The second-order valence-corrected chi connectivity index (χ2v) is 7.45. The fourth-order valence-corrected chi connectivity index (χ4v) is 3.33. The summed E-state index contributed by atoms with van der Waals surface area (Å²) in [5.41, 5.74) is 1.05. The summed E-state index contributed by atoms with van der Waals surface area (Å²) in [6, 6.07) is 11.7. The molecular formula is C24H23N3O6S. The zero-order chi connectivity index (χ0) is 24.8. The molecule has 176 valence electrons. The minimum atomic E-state index is -0.675. The molecule has 9 nitrogen and oxygen atoms in total. The molecule has 1 aliphatic heterocycles. The van der Waals surface area contributed by atoms with Gasteiger partial charge in [0.25, 0.3) is 11.8 Å². The predicted octanol–water partition coefficient (Wildman–Crippen LogP) is 2.88. The molecule has 0 aliphatic carbocycles. The number of carbonyl (C=O) groups is 3. The minimum absolute atomic E-state index is 0.0349. The highest BCUT2D eigenvalue weighted by Crippen LogP contribution is 2.29. The standard InChI is InChI=1S/C24H23N3O6S/c1-14(28)18(22(29)25-16-6-8-17(31-2)9-7-16)13-27-23(30)19(26-24(27)34)11-15-5-10-20(32-3)21(12-15)33-4/h5-13H,1-4H3,(H,25,29)(H,26,34)/b18-13+,19-11+. The van der Waals surface area contributed by atoms with Gasteiger partial charge >= 0.3 is 0 Å². The van der Waals surface area contributed by atoms with Gasteiger partial charge in [0.1, 0.15) is 11.4 Å². The van der Waals surface area contributed by atoms with E-state index in [1.807, 2.05) is 0 Å². The quantitative estimate of drug-likeness (QED) is 0.257. The molecule has 0 unspecified atom stereocenters. The first-order valence-corrected chi connectivity index (χ1v) is 10.4. The molecule has 0 saturated carbocycles. The van der Waals surface area contributed by atoms with Crippen LogP contribution in [0.5, 0.6) is 17.2 Å². The topological polar surface area (TPSA) is 106 Å². The van der Waals surface area contributed by atoms with Gasteiger partial charge in [-0.3, -0.25) is 19.3 Å². The molecule has 1 heterocycles. The Morgan fingerprint density at radius 3 is 2.26 bits per heavy atom. The number of ketones is 1. The van der Waals surface area contributed by atoms with Crippen molar-refractivity contribution < 1.29 is 28.6 Å². The lowest BCUT2D eigenvalue weighted by Gasteiger charge is -2.12. The number of methoxy groups -OCH3 is 3. The van der Waals surface area contributed by atoms with Crippen LogP contribution in [0.4, 0.5) is 5.69 Å². The number of carbonyl (C=O) groups excluding carboxylic acids is 3. The molecule has 2 N–H and O–H groups in total. The van der Waals surface area contributed by atoms with Crippen molar-refractivity contribution in [2.45, 2.75) is 6.92 Å². The fraction of sp³-hybridized carbons (Fsp3) is 0.167. The summed E-state index contributed by atoms with van der Waals surface area (Å²) in [6.45, 7) is 1.23. The van der Waals surface area contributed by atoms with E-state index in [9.17, 15) is 14.4 Å². The average molecular weight is 482 g/mol. The van der Waals surface area contributed by atoms with Crippen LogP contribution in [0.15, 0.2) is 59.9 Å². The first-order valence-electron chi connectivity index (χ1n) is 10.0. The van der Waals surface area contributed by atoms with Crippen LogP contribution >= 0.6 is 12.2 Å². The molecule has 1 aliphatic rings. The molecule has 2 amide bonds. The van der Waals surface area contributed by atoms with Gasteiger partial charge in [0.2, 0.25) is 0 Å². The Balaban J connectivity index is 1.84. The minimum Gasteiger partial charge on any atom is -0.497 e. The summed E-state index contributed by atoms with van der Waals surface area (Å²) < 4.78 is 15.6. The lowest BCUT2D eigenvalue weighted by molar-refractivity contribution is -0.120. The maximum absolute atomic E-state index is 13.0. The Hall–Kier alpha value is -4.18. The van der Waals surface area contributed by atoms with Crippen LogP contribution in [0, 0.1) is 0 Å². The van der Waals surface area contributed by atoms with E-state index >= 15 is 0 Å². The lowest BCUT2D eigenvalue weighted by Crippen LogP contribution is -2.29. The maximum Gasteiger partial charge on any atom is 0.280 e. The van der Waals surface area contributed by atoms with Crippen LogP contribution in [0.25, 0.3) is 6.08 Å². The molecule has 0 spiro atoms. The Morgan fingerprint density at radius 1 is 1.00 bits per heavy atom. The second-order valence-electron chi connectivity index (χ2n) is 7.06. The van der Waals surface area contributed by atoms with Gasteiger partial charge in [0.05, 0.1) is 26.9 Å². The average Bonchev–Trinajstić information content (AvgIpc) is 3.09. The molecule has 34 heavy (non-hydrogen) atoms. The number of nitrogens with one attached hydrogen (secondary N) is 2. The van der Waals surface area contributed by atoms with Gasteiger partial charge in [-0.2, -0.15) is 0 Å². The van der Waals surface area contributed by atoms with Crippen molar-refractivity contribution in [2.24, 2.45) is 0 Å². The summed E-state index contributed by atoms with van der Waals surface area (Å²) in [5, 5.41) is 5.47. The van der Waals surface area contributed by atoms with Crippen molar-refractivity contribution >= 4 is 46.7 Å². The summed E-state index contributed by atoms with van der Waals surface area (Å²) in [7, 11) is 4.57. The number of hydrogen-bond donors (Lipinski definition) is 2. The SMILES string of the molecule is COc1ccc(NC(=O)/C(=C/N2C(=O)/C(=C\c3ccc(OC)c(OC)c3)NC2=S)C(C)=O)cc1. The molecule has 0 atom stereocenters. The predicted molar refractivity (Wildman–Crippen MR) is 130 cm³/mol. The number of anilines is 1. The molecule has 3 rings (SSSR count). The Labute approximate surface area is 202 Å². The summed E-state index contributed by atoms with van der Waals surface area (Å²) in [5.74, 6) is -0.0615. The maximum atomic E-state index is 13.0. The van der Waals surface area contributed by atoms with Crippen molar-refractivity contribution in [3.05, 3.63) is 65.5 Å². The smallest absolute Gasteiger partial charge is 0.280 e. The van der Waals surface area contributed by atoms with Crippen LogP contribution in [-0.2, 0) is 14.4 Å². The molecule has 2 aromatic rings. The lowest BCUT2D eigenvalue weighted by atomic mass is 10.1. The van der Waals surface area contributed by atoms with E-state index in [0.29, 0.717) is 28.5 Å². The Morgan fingerprint density at radius 2 is 1.68 bits per heavy atom. The van der Waals surface area contributed by atoms with Crippen molar-refractivity contribution in [3.8, 4) is 17.2 Å². The number of ether oxygens (including phenoxy) is 3. The summed E-state index contributed by atoms with van der Waals surface area (Å²) >= 11 is 5.25. The molecule has 10 heteroatoms. The third-order valence-corrected chi connectivity index (χ3v) is 5.16. The highest BCUT2D eigenvalue weighted by molar-refractivity contribution is 7.80. The highest BCUT2D eigenvalue weighted by Gasteiger charge is 2.31. The van der Waals surface area contributed by atoms with Crippen molar-refractivity contribution in [1.82, 2.24) is 10.2 Å². The molecule has 0 bridgehead atoms. The van der Waals surface area contributed by atoms with Crippen LogP contribution in [0.3, 0.4) is 0 Å². The zero-order valence-electron chi connectivity index (χ0n) is 19.0. The molecule has 1 fully saturated rings. The molecule has 0 aromatic heterocycles. The Bertz CT molecular complexity index is 1200. The number of benzene rings is 2. The number of rotatable bonds is 8. The third-order valence-electron chi connectivity index (χ3n) is 4.86. The number of Topliss-reactive ketones (excluding diaryl/α,β-unsaturated/α-hetero) is 1. The largest absolute Gasteiger partial charge is 0.497 e. The molecule has 2 aromatic carbocycles. The number of nitrogens with zero attached hydrogens (tertiary/aromatic N) is 1.